The SMILES string of the molecule is CCNC(=NCC1(c2cccc(C(F)(F)F)c2)CCC1)NCCOCCS(C)(=O)=O.I. The molecule has 0 bridgehead atoms. The van der Waals surface area contributed by atoms with E-state index in [-0.39, 0.29) is 41.8 Å². The molecule has 0 unspecified atom stereocenters. The Labute approximate surface area is 199 Å². The maximum atomic E-state index is 13.1. The van der Waals surface area contributed by atoms with Crippen molar-refractivity contribution in [2.45, 2.75) is 37.8 Å². The summed E-state index contributed by atoms with van der Waals surface area (Å²) in [6.07, 6.45) is -0.648. The van der Waals surface area contributed by atoms with Gasteiger partial charge in [-0.1, -0.05) is 24.6 Å². The van der Waals surface area contributed by atoms with E-state index in [1.165, 1.54) is 12.1 Å². The Kier molecular flexibility index (Phi) is 11.0. The Morgan fingerprint density at radius 3 is 2.48 bits per heavy atom. The van der Waals surface area contributed by atoms with Crippen molar-refractivity contribution in [2.24, 2.45) is 4.99 Å². The predicted octanol–water partition coefficient (Wildman–Crippen LogP) is 3.36. The molecule has 1 aliphatic carbocycles. The lowest BCUT2D eigenvalue weighted by molar-refractivity contribution is -0.137. The smallest absolute Gasteiger partial charge is 0.379 e. The van der Waals surface area contributed by atoms with Gasteiger partial charge in [0.2, 0.25) is 0 Å². The van der Waals surface area contributed by atoms with E-state index in [4.69, 9.17) is 4.74 Å². The molecule has 0 aromatic heterocycles. The summed E-state index contributed by atoms with van der Waals surface area (Å²) in [7, 11) is -3.05. The number of sulfone groups is 1. The number of nitrogens with zero attached hydrogens (tertiary/aromatic N) is 1. The molecule has 0 amide bonds. The van der Waals surface area contributed by atoms with Crippen LogP contribution >= 0.6 is 24.0 Å². The average Bonchev–Trinajstić information content (AvgIpc) is 2.62. The van der Waals surface area contributed by atoms with Crippen molar-refractivity contribution in [1.29, 1.82) is 0 Å². The molecule has 11 heteroatoms. The predicted molar refractivity (Wildman–Crippen MR) is 127 cm³/mol. The zero-order valence-electron chi connectivity index (χ0n) is 17.8. The normalized spacial score (nSPS) is 16.2. The number of hydrogen-bond donors (Lipinski definition) is 2. The molecular weight excluding hydrogens is 546 g/mol. The fourth-order valence-corrected chi connectivity index (χ4v) is 3.71. The van der Waals surface area contributed by atoms with Gasteiger partial charge in [0.1, 0.15) is 9.84 Å². The maximum Gasteiger partial charge on any atom is 0.416 e. The summed E-state index contributed by atoms with van der Waals surface area (Å²) in [5.74, 6) is 0.531. The third-order valence-electron chi connectivity index (χ3n) is 5.13. The van der Waals surface area contributed by atoms with Crippen molar-refractivity contribution in [3.8, 4) is 0 Å². The zero-order chi connectivity index (χ0) is 22.3. The van der Waals surface area contributed by atoms with E-state index >= 15 is 0 Å². The third-order valence-corrected chi connectivity index (χ3v) is 6.04. The first-order valence-corrected chi connectivity index (χ1v) is 12.1. The van der Waals surface area contributed by atoms with Gasteiger partial charge in [0.05, 0.1) is 31.1 Å². The molecule has 1 fully saturated rings. The van der Waals surface area contributed by atoms with Gasteiger partial charge in [0, 0.05) is 24.8 Å². The topological polar surface area (TPSA) is 79.8 Å². The fourth-order valence-electron chi connectivity index (χ4n) is 3.29. The van der Waals surface area contributed by atoms with Crippen molar-refractivity contribution in [3.63, 3.8) is 0 Å². The fraction of sp³-hybridized carbons (Fsp3) is 0.650. The number of aliphatic imine (C=N–C) groups is 1. The van der Waals surface area contributed by atoms with Crippen LogP contribution in [0.15, 0.2) is 29.3 Å². The molecule has 0 atom stereocenters. The van der Waals surface area contributed by atoms with Crippen LogP contribution in [0.4, 0.5) is 13.2 Å². The Morgan fingerprint density at radius 2 is 1.94 bits per heavy atom. The first-order chi connectivity index (χ1) is 14.1. The van der Waals surface area contributed by atoms with Crippen molar-refractivity contribution in [1.82, 2.24) is 10.6 Å². The van der Waals surface area contributed by atoms with Gasteiger partial charge in [0.15, 0.2) is 5.96 Å². The van der Waals surface area contributed by atoms with E-state index in [1.54, 1.807) is 6.07 Å². The molecule has 0 spiro atoms. The number of hydrogen-bond acceptors (Lipinski definition) is 4. The summed E-state index contributed by atoms with van der Waals surface area (Å²) in [6, 6.07) is 5.54. The molecule has 1 aromatic carbocycles. The molecule has 0 heterocycles. The van der Waals surface area contributed by atoms with Crippen LogP contribution in [0.25, 0.3) is 0 Å². The van der Waals surface area contributed by atoms with Gasteiger partial charge in [0.25, 0.3) is 0 Å². The lowest BCUT2D eigenvalue weighted by Gasteiger charge is -2.41. The summed E-state index contributed by atoms with van der Waals surface area (Å²) >= 11 is 0. The molecular formula is C20H31F3IN3O3S. The van der Waals surface area contributed by atoms with Crippen molar-refractivity contribution >= 4 is 39.8 Å². The molecule has 0 aliphatic heterocycles. The Morgan fingerprint density at radius 1 is 1.23 bits per heavy atom. The van der Waals surface area contributed by atoms with Gasteiger partial charge in [-0.05, 0) is 31.4 Å². The minimum Gasteiger partial charge on any atom is -0.379 e. The third kappa shape index (κ3) is 9.13. The van der Waals surface area contributed by atoms with Crippen molar-refractivity contribution < 1.29 is 26.3 Å². The van der Waals surface area contributed by atoms with Crippen LogP contribution in [-0.2, 0) is 26.2 Å². The molecule has 0 radical (unpaired) electrons. The van der Waals surface area contributed by atoms with E-state index in [0.29, 0.717) is 37.8 Å². The van der Waals surface area contributed by atoms with Gasteiger partial charge in [-0.15, -0.1) is 24.0 Å². The van der Waals surface area contributed by atoms with Crippen LogP contribution in [0.5, 0.6) is 0 Å². The Hall–Kier alpha value is -1.08. The van der Waals surface area contributed by atoms with Crippen molar-refractivity contribution in [2.75, 3.05) is 44.9 Å². The zero-order valence-corrected chi connectivity index (χ0v) is 20.9. The van der Waals surface area contributed by atoms with E-state index in [9.17, 15) is 21.6 Å². The summed E-state index contributed by atoms with van der Waals surface area (Å²) in [5.41, 5.74) is -0.339. The van der Waals surface area contributed by atoms with E-state index in [0.717, 1.165) is 31.6 Å². The minimum atomic E-state index is -4.36. The summed E-state index contributed by atoms with van der Waals surface area (Å²) in [5, 5.41) is 6.22. The monoisotopic (exact) mass is 577 g/mol. The van der Waals surface area contributed by atoms with Crippen LogP contribution in [-0.4, -0.2) is 59.2 Å². The molecule has 1 aromatic rings. The average molecular weight is 577 g/mol. The number of benzene rings is 1. The molecule has 1 saturated carbocycles. The lowest BCUT2D eigenvalue weighted by Crippen LogP contribution is -2.42. The number of rotatable bonds is 10. The molecule has 31 heavy (non-hydrogen) atoms. The highest BCUT2D eigenvalue weighted by atomic mass is 127. The highest BCUT2D eigenvalue weighted by Gasteiger charge is 2.40. The van der Waals surface area contributed by atoms with Crippen molar-refractivity contribution in [3.05, 3.63) is 35.4 Å². The maximum absolute atomic E-state index is 13.1. The van der Waals surface area contributed by atoms with E-state index in [2.05, 4.69) is 15.6 Å². The number of guanidine groups is 1. The first-order valence-electron chi connectivity index (χ1n) is 10.0. The van der Waals surface area contributed by atoms with Gasteiger partial charge in [-0.3, -0.25) is 4.99 Å². The second kappa shape index (κ2) is 12.2. The molecule has 1 aliphatic rings. The number of halogens is 4. The molecule has 0 saturated heterocycles. The van der Waals surface area contributed by atoms with Gasteiger partial charge >= 0.3 is 6.18 Å². The number of nitrogens with one attached hydrogen (secondary N) is 2. The summed E-state index contributed by atoms with van der Waals surface area (Å²) in [6.45, 7) is 3.83. The molecule has 2 N–H and O–H groups in total. The van der Waals surface area contributed by atoms with E-state index in [1.807, 2.05) is 6.92 Å². The van der Waals surface area contributed by atoms with Crippen LogP contribution in [0, 0.1) is 0 Å². The van der Waals surface area contributed by atoms with Gasteiger partial charge in [-0.2, -0.15) is 13.2 Å². The van der Waals surface area contributed by atoms with Crippen LogP contribution in [0.2, 0.25) is 0 Å². The first kappa shape index (κ1) is 28.0. The molecule has 2 rings (SSSR count). The van der Waals surface area contributed by atoms with Crippen LogP contribution in [0.3, 0.4) is 0 Å². The van der Waals surface area contributed by atoms with E-state index < -0.39 is 21.6 Å². The lowest BCUT2D eigenvalue weighted by atomic mass is 9.64. The second-order valence-electron chi connectivity index (χ2n) is 7.58. The second-order valence-corrected chi connectivity index (χ2v) is 9.84. The molecule has 178 valence electrons. The minimum absolute atomic E-state index is 0. The largest absolute Gasteiger partial charge is 0.416 e. The standard InChI is InChI=1S/C20H30F3N3O3S.HI/c1-3-24-18(25-10-11-29-12-13-30(2,27)28)26-15-19(8-5-9-19)16-6-4-7-17(14-16)20(21,22)23;/h4,6-7,14H,3,5,8-13,15H2,1-2H3,(H2,24,25,26);1H. The highest BCUT2D eigenvalue weighted by Crippen LogP contribution is 2.45. The van der Waals surface area contributed by atoms with Gasteiger partial charge < -0.3 is 15.4 Å². The Bertz CT molecular complexity index is 828. The van der Waals surface area contributed by atoms with Crippen LogP contribution in [0.1, 0.15) is 37.3 Å². The van der Waals surface area contributed by atoms with Gasteiger partial charge in [-0.25, -0.2) is 8.42 Å². The quantitative estimate of drug-likeness (QED) is 0.193. The Balaban J connectivity index is 0.00000480. The summed E-state index contributed by atoms with van der Waals surface area (Å²) in [4.78, 5) is 4.59. The summed E-state index contributed by atoms with van der Waals surface area (Å²) < 4.78 is 66.7. The molecule has 6 nitrogen and oxygen atoms in total. The number of ether oxygens (including phenoxy) is 1. The number of alkyl halides is 3. The van der Waals surface area contributed by atoms with Crippen LogP contribution < -0.4 is 10.6 Å². The highest BCUT2D eigenvalue weighted by molar-refractivity contribution is 14.0.